The van der Waals surface area contributed by atoms with Gasteiger partial charge in [-0.1, -0.05) is 69.9 Å². The van der Waals surface area contributed by atoms with Crippen LogP contribution in [-0.4, -0.2) is 76.3 Å². The maximum atomic E-state index is 13.2. The number of amides is 4. The van der Waals surface area contributed by atoms with Crippen LogP contribution in [0.5, 0.6) is 0 Å². The van der Waals surface area contributed by atoms with Crippen molar-refractivity contribution in [3.8, 4) is 0 Å². The molecule has 3 fully saturated rings. The third-order valence-electron chi connectivity index (χ3n) is 7.66. The van der Waals surface area contributed by atoms with E-state index in [-0.39, 0.29) is 24.9 Å². The van der Waals surface area contributed by atoms with Crippen LogP contribution < -0.4 is 0 Å². The van der Waals surface area contributed by atoms with Gasteiger partial charge in [0.1, 0.15) is 0 Å². The zero-order valence-electron chi connectivity index (χ0n) is 22.1. The minimum Gasteiger partial charge on any atom is -0.323 e. The molecule has 1 aromatic carbocycles. The van der Waals surface area contributed by atoms with Gasteiger partial charge in [0.2, 0.25) is 12.3 Å². The Morgan fingerprint density at radius 2 is 1.58 bits per heavy atom. The fraction of sp³-hybridized carbons (Fsp3) is 0.679. The van der Waals surface area contributed by atoms with Gasteiger partial charge in [0.05, 0.1) is 12.5 Å². The van der Waals surface area contributed by atoms with E-state index in [1.165, 1.54) is 36.3 Å². The molecule has 2 aliphatic heterocycles. The van der Waals surface area contributed by atoms with Crippen LogP contribution in [0.15, 0.2) is 30.3 Å². The van der Waals surface area contributed by atoms with Gasteiger partial charge in [0.15, 0.2) is 0 Å². The molecule has 4 amide bonds. The van der Waals surface area contributed by atoms with Crippen LogP contribution in [-0.2, 0) is 16.0 Å². The van der Waals surface area contributed by atoms with Gasteiger partial charge in [-0.25, -0.2) is 19.9 Å². The lowest BCUT2D eigenvalue weighted by Crippen LogP contribution is -2.59. The summed E-state index contributed by atoms with van der Waals surface area (Å²) in [6.45, 7) is 6.28. The van der Waals surface area contributed by atoms with Crippen molar-refractivity contribution in [2.24, 2.45) is 17.8 Å². The van der Waals surface area contributed by atoms with Gasteiger partial charge in [0.25, 0.3) is 0 Å². The molecule has 36 heavy (non-hydrogen) atoms. The van der Waals surface area contributed by atoms with Gasteiger partial charge in [-0.05, 0) is 49.5 Å². The lowest BCUT2D eigenvalue weighted by molar-refractivity contribution is -0.163. The number of hydroxylamine groups is 2. The fourth-order valence-corrected chi connectivity index (χ4v) is 5.42. The zero-order chi connectivity index (χ0) is 25.9. The van der Waals surface area contributed by atoms with Crippen LogP contribution in [0.1, 0.15) is 70.8 Å². The smallest absolute Gasteiger partial charge is 0.323 e. The Hall–Kier alpha value is -2.61. The Morgan fingerprint density at radius 1 is 0.972 bits per heavy atom. The van der Waals surface area contributed by atoms with E-state index in [2.05, 4.69) is 31.2 Å². The highest BCUT2D eigenvalue weighted by Gasteiger charge is 2.35. The summed E-state index contributed by atoms with van der Waals surface area (Å²) < 4.78 is 0. The number of benzene rings is 1. The Bertz CT molecular complexity index is 822. The van der Waals surface area contributed by atoms with Gasteiger partial charge in [0, 0.05) is 26.2 Å². The van der Waals surface area contributed by atoms with E-state index < -0.39 is 5.92 Å². The van der Waals surface area contributed by atoms with E-state index in [1.807, 2.05) is 11.0 Å². The summed E-state index contributed by atoms with van der Waals surface area (Å²) in [6, 6.07) is 10.3. The molecule has 0 aromatic heterocycles. The first-order valence-electron chi connectivity index (χ1n) is 13.7. The summed E-state index contributed by atoms with van der Waals surface area (Å²) in [4.78, 5) is 38.5. The molecule has 1 aromatic rings. The highest BCUT2D eigenvalue weighted by Crippen LogP contribution is 2.25. The predicted octanol–water partition coefficient (Wildman–Crippen LogP) is 4.58. The Morgan fingerprint density at radius 3 is 2.14 bits per heavy atom. The average molecular weight is 501 g/mol. The van der Waals surface area contributed by atoms with Gasteiger partial charge >= 0.3 is 6.03 Å². The van der Waals surface area contributed by atoms with Crippen molar-refractivity contribution in [3.05, 3.63) is 35.9 Å². The van der Waals surface area contributed by atoms with Gasteiger partial charge in [-0.3, -0.25) is 14.8 Å². The quantitative estimate of drug-likeness (QED) is 0.352. The molecule has 2 heterocycles. The van der Waals surface area contributed by atoms with Crippen molar-refractivity contribution < 1.29 is 19.6 Å². The fourth-order valence-electron chi connectivity index (χ4n) is 5.42. The second-order valence-corrected chi connectivity index (χ2v) is 10.7. The van der Waals surface area contributed by atoms with Crippen LogP contribution >= 0.6 is 0 Å². The van der Waals surface area contributed by atoms with E-state index >= 15 is 0 Å². The van der Waals surface area contributed by atoms with E-state index in [0.717, 1.165) is 38.0 Å². The van der Waals surface area contributed by atoms with Crippen LogP contribution in [0.4, 0.5) is 4.79 Å². The van der Waals surface area contributed by atoms with Crippen molar-refractivity contribution in [3.63, 3.8) is 0 Å². The van der Waals surface area contributed by atoms with Crippen LogP contribution in [0, 0.1) is 17.8 Å². The molecule has 8 heteroatoms. The molecule has 8 nitrogen and oxygen atoms in total. The highest BCUT2D eigenvalue weighted by molar-refractivity contribution is 5.83. The molecule has 200 valence electrons. The lowest BCUT2D eigenvalue weighted by Gasteiger charge is -2.43. The summed E-state index contributed by atoms with van der Waals surface area (Å²) in [6.07, 6.45) is 10.9. The number of piperidine rings is 1. The minimum absolute atomic E-state index is 0.0915. The molecule has 1 saturated carbocycles. The molecular formula is C28H44N4O4. The molecule has 1 aliphatic carbocycles. The minimum atomic E-state index is -0.592. The normalized spacial score (nSPS) is 19.9. The van der Waals surface area contributed by atoms with E-state index in [4.69, 9.17) is 0 Å². The number of hydrogen-bond acceptors (Lipinski definition) is 4. The number of rotatable bonds is 6. The topological polar surface area (TPSA) is 84.4 Å². The summed E-state index contributed by atoms with van der Waals surface area (Å²) >= 11 is 0. The zero-order valence-corrected chi connectivity index (χ0v) is 22.1. The maximum Gasteiger partial charge on any atom is 0.338 e. The average Bonchev–Trinajstić information content (AvgIpc) is 3.40. The van der Waals surface area contributed by atoms with E-state index in [1.54, 1.807) is 11.9 Å². The largest absolute Gasteiger partial charge is 0.338 e. The standard InChI is InChI=1S/C22H32N4O4.C6H12/c1-18(16-24(30)17-27)21(28)25-11-5-6-12-26(25)22(29)23-13-9-20(10-14-23)15-19-7-3-2-4-8-19;1-6-4-2-3-5-6/h2-4,7-8,17-18,20,30H,5-6,9-16H2,1H3;6H,2-5H2,1H3. The summed E-state index contributed by atoms with van der Waals surface area (Å²) in [5.74, 6) is 0.771. The molecule has 2 saturated heterocycles. The van der Waals surface area contributed by atoms with Crippen molar-refractivity contribution in [1.82, 2.24) is 20.0 Å². The Labute approximate surface area is 216 Å². The van der Waals surface area contributed by atoms with Gasteiger partial charge in [-0.2, -0.15) is 0 Å². The second-order valence-electron chi connectivity index (χ2n) is 10.7. The van der Waals surface area contributed by atoms with Crippen molar-refractivity contribution in [1.29, 1.82) is 0 Å². The molecule has 0 bridgehead atoms. The third-order valence-corrected chi connectivity index (χ3v) is 7.66. The Kier molecular flexibility index (Phi) is 11.0. The SMILES string of the molecule is CC(CN(O)C=O)C(=O)N1CCCCN1C(=O)N1CCC(Cc2ccccc2)CC1.CC1CCCC1. The number of hydrazine groups is 1. The molecule has 1 atom stereocenters. The van der Waals surface area contributed by atoms with Gasteiger partial charge < -0.3 is 4.90 Å². The van der Waals surface area contributed by atoms with Crippen molar-refractivity contribution in [2.75, 3.05) is 32.7 Å². The molecule has 4 rings (SSSR count). The number of carbonyl (C=O) groups is 3. The molecule has 0 radical (unpaired) electrons. The third kappa shape index (κ3) is 8.22. The monoisotopic (exact) mass is 500 g/mol. The second kappa shape index (κ2) is 14.2. The Balaban J connectivity index is 0.000000526. The molecule has 0 spiro atoms. The number of carbonyl (C=O) groups excluding carboxylic acids is 3. The van der Waals surface area contributed by atoms with Gasteiger partial charge in [-0.15, -0.1) is 0 Å². The summed E-state index contributed by atoms with van der Waals surface area (Å²) in [7, 11) is 0. The first-order valence-corrected chi connectivity index (χ1v) is 13.7. The highest BCUT2D eigenvalue weighted by atomic mass is 16.5. The molecule has 1 unspecified atom stereocenters. The van der Waals surface area contributed by atoms with Crippen molar-refractivity contribution in [2.45, 2.75) is 71.6 Å². The maximum absolute atomic E-state index is 13.2. The number of urea groups is 1. The first kappa shape index (κ1) is 28.0. The lowest BCUT2D eigenvalue weighted by atomic mass is 9.90. The molecular weight excluding hydrogens is 456 g/mol. The van der Waals surface area contributed by atoms with Crippen LogP contribution in [0.3, 0.4) is 0 Å². The number of likely N-dealkylation sites (tertiary alicyclic amines) is 1. The summed E-state index contributed by atoms with van der Waals surface area (Å²) in [5, 5.41) is 12.9. The van der Waals surface area contributed by atoms with Crippen molar-refractivity contribution >= 4 is 18.3 Å². The number of nitrogens with zero attached hydrogens (tertiary/aromatic N) is 4. The van der Waals surface area contributed by atoms with Crippen LogP contribution in [0.2, 0.25) is 0 Å². The first-order chi connectivity index (χ1) is 17.4. The van der Waals surface area contributed by atoms with E-state index in [0.29, 0.717) is 37.2 Å². The summed E-state index contributed by atoms with van der Waals surface area (Å²) in [5.41, 5.74) is 1.33. The molecule has 1 N–H and O–H groups in total. The van der Waals surface area contributed by atoms with E-state index in [9.17, 15) is 19.6 Å². The predicted molar refractivity (Wildman–Crippen MR) is 139 cm³/mol. The number of hydrogen-bond donors (Lipinski definition) is 1. The van der Waals surface area contributed by atoms with Crippen LogP contribution in [0.25, 0.3) is 0 Å². The molecule has 3 aliphatic rings.